The maximum atomic E-state index is 10.3. The van der Waals surface area contributed by atoms with Crippen LogP contribution in [0.15, 0.2) is 30.6 Å². The molecule has 1 saturated carbocycles. The third kappa shape index (κ3) is 3.44. The van der Waals surface area contributed by atoms with E-state index in [1.54, 1.807) is 18.3 Å². The Labute approximate surface area is 129 Å². The van der Waals surface area contributed by atoms with Crippen LogP contribution < -0.4 is 0 Å². The van der Waals surface area contributed by atoms with Gasteiger partial charge in [-0.3, -0.25) is 9.67 Å². The second-order valence-corrected chi connectivity index (χ2v) is 6.08. The highest BCUT2D eigenvalue weighted by Gasteiger charge is 2.18. The summed E-state index contributed by atoms with van der Waals surface area (Å²) in [6, 6.07) is 6.00. The van der Waals surface area contributed by atoms with Crippen molar-refractivity contribution in [2.75, 3.05) is 0 Å². The SMILES string of the molecule is OC(Cc1ccn(C2CCCCC2)n1)c1ncccc1Cl. The second-order valence-electron chi connectivity index (χ2n) is 5.67. The van der Waals surface area contributed by atoms with Crippen LogP contribution in [0.3, 0.4) is 0 Å². The Morgan fingerprint density at radius 1 is 1.29 bits per heavy atom. The van der Waals surface area contributed by atoms with E-state index in [4.69, 9.17) is 11.6 Å². The summed E-state index contributed by atoms with van der Waals surface area (Å²) in [5.74, 6) is 0. The highest BCUT2D eigenvalue weighted by Crippen LogP contribution is 2.28. The molecule has 0 bridgehead atoms. The van der Waals surface area contributed by atoms with Gasteiger partial charge >= 0.3 is 0 Å². The lowest BCUT2D eigenvalue weighted by Crippen LogP contribution is -2.14. The molecule has 1 atom stereocenters. The van der Waals surface area contributed by atoms with Gasteiger partial charge in [0.1, 0.15) is 6.10 Å². The number of aliphatic hydroxyl groups is 1. The summed E-state index contributed by atoms with van der Waals surface area (Å²) in [7, 11) is 0. The molecule has 0 aromatic carbocycles. The van der Waals surface area contributed by atoms with Crippen LogP contribution in [0, 0.1) is 0 Å². The van der Waals surface area contributed by atoms with Crippen LogP contribution in [-0.2, 0) is 6.42 Å². The summed E-state index contributed by atoms with van der Waals surface area (Å²) in [4.78, 5) is 4.15. The van der Waals surface area contributed by atoms with E-state index in [1.807, 2.05) is 12.3 Å². The molecule has 5 heteroatoms. The standard InChI is InChI=1S/C16H20ClN3O/c17-14-7-4-9-18-16(14)15(21)11-12-8-10-20(19-12)13-5-2-1-3-6-13/h4,7-10,13,15,21H,1-3,5-6,11H2. The van der Waals surface area contributed by atoms with E-state index >= 15 is 0 Å². The van der Waals surface area contributed by atoms with Gasteiger partial charge in [-0.2, -0.15) is 5.10 Å². The Balaban J connectivity index is 1.68. The normalized spacial score (nSPS) is 17.8. The van der Waals surface area contributed by atoms with Crippen LogP contribution >= 0.6 is 11.6 Å². The lowest BCUT2D eigenvalue weighted by Gasteiger charge is -2.21. The summed E-state index contributed by atoms with van der Waals surface area (Å²) in [6.07, 6.45) is 9.71. The van der Waals surface area contributed by atoms with Gasteiger partial charge in [0, 0.05) is 18.8 Å². The van der Waals surface area contributed by atoms with E-state index in [9.17, 15) is 5.11 Å². The fraction of sp³-hybridized carbons (Fsp3) is 0.500. The Morgan fingerprint density at radius 3 is 2.86 bits per heavy atom. The molecule has 2 heterocycles. The smallest absolute Gasteiger partial charge is 0.103 e. The van der Waals surface area contributed by atoms with Gasteiger partial charge < -0.3 is 5.11 Å². The molecule has 4 nitrogen and oxygen atoms in total. The number of hydrogen-bond acceptors (Lipinski definition) is 3. The molecule has 3 rings (SSSR count). The first-order valence-electron chi connectivity index (χ1n) is 7.56. The molecular weight excluding hydrogens is 286 g/mol. The summed E-state index contributed by atoms with van der Waals surface area (Å²) in [5.41, 5.74) is 1.40. The quantitative estimate of drug-likeness (QED) is 0.936. The maximum absolute atomic E-state index is 10.3. The fourth-order valence-electron chi connectivity index (χ4n) is 2.97. The third-order valence-corrected chi connectivity index (χ3v) is 4.44. The number of aromatic nitrogens is 3. The predicted molar refractivity (Wildman–Crippen MR) is 82.3 cm³/mol. The molecule has 0 radical (unpaired) electrons. The summed E-state index contributed by atoms with van der Waals surface area (Å²) in [5, 5.41) is 15.4. The first-order valence-corrected chi connectivity index (χ1v) is 7.94. The van der Waals surface area contributed by atoms with Gasteiger partial charge in [-0.1, -0.05) is 30.9 Å². The second kappa shape index (κ2) is 6.58. The largest absolute Gasteiger partial charge is 0.386 e. The monoisotopic (exact) mass is 305 g/mol. The number of nitrogens with zero attached hydrogens (tertiary/aromatic N) is 3. The van der Waals surface area contributed by atoms with E-state index < -0.39 is 6.10 Å². The van der Waals surface area contributed by atoms with Crippen LogP contribution in [0.25, 0.3) is 0 Å². The molecule has 112 valence electrons. The molecule has 0 saturated heterocycles. The molecule has 2 aromatic rings. The number of halogens is 1. The fourth-order valence-corrected chi connectivity index (χ4v) is 3.22. The van der Waals surface area contributed by atoms with Gasteiger partial charge in [0.25, 0.3) is 0 Å². The Kier molecular flexibility index (Phi) is 4.56. The van der Waals surface area contributed by atoms with Crippen molar-refractivity contribution in [3.8, 4) is 0 Å². The molecule has 0 aliphatic heterocycles. The van der Waals surface area contributed by atoms with E-state index in [-0.39, 0.29) is 0 Å². The molecular formula is C16H20ClN3O. The summed E-state index contributed by atoms with van der Waals surface area (Å²) < 4.78 is 2.06. The number of aliphatic hydroxyl groups excluding tert-OH is 1. The third-order valence-electron chi connectivity index (χ3n) is 4.12. The predicted octanol–water partition coefficient (Wildman–Crippen LogP) is 3.71. The minimum Gasteiger partial charge on any atom is -0.386 e. The zero-order valence-corrected chi connectivity index (χ0v) is 12.7. The minimum atomic E-state index is -0.714. The molecule has 2 aromatic heterocycles. The average Bonchev–Trinajstić information content (AvgIpc) is 2.97. The van der Waals surface area contributed by atoms with Crippen LogP contribution in [-0.4, -0.2) is 19.9 Å². The van der Waals surface area contributed by atoms with Gasteiger partial charge in [0.05, 0.1) is 22.5 Å². The van der Waals surface area contributed by atoms with Crippen molar-refractivity contribution in [1.29, 1.82) is 0 Å². The van der Waals surface area contributed by atoms with Gasteiger partial charge in [-0.05, 0) is 31.0 Å². The number of hydrogen-bond donors (Lipinski definition) is 1. The number of pyridine rings is 1. The lowest BCUT2D eigenvalue weighted by atomic mass is 9.96. The van der Waals surface area contributed by atoms with Gasteiger partial charge in [0.15, 0.2) is 0 Å². The van der Waals surface area contributed by atoms with Crippen molar-refractivity contribution in [3.63, 3.8) is 0 Å². The molecule has 1 unspecified atom stereocenters. The highest BCUT2D eigenvalue weighted by molar-refractivity contribution is 6.31. The van der Waals surface area contributed by atoms with Gasteiger partial charge in [-0.25, -0.2) is 0 Å². The Hall–Kier alpha value is -1.39. The highest BCUT2D eigenvalue weighted by atomic mass is 35.5. The van der Waals surface area contributed by atoms with E-state index in [0.29, 0.717) is 23.2 Å². The molecule has 1 aliphatic carbocycles. The summed E-state index contributed by atoms with van der Waals surface area (Å²) >= 11 is 6.06. The van der Waals surface area contributed by atoms with E-state index in [1.165, 1.54) is 32.1 Å². The van der Waals surface area contributed by atoms with E-state index in [0.717, 1.165) is 5.69 Å². The topological polar surface area (TPSA) is 50.9 Å². The van der Waals surface area contributed by atoms with Crippen molar-refractivity contribution < 1.29 is 5.11 Å². The Morgan fingerprint density at radius 2 is 2.10 bits per heavy atom. The number of rotatable bonds is 4. The van der Waals surface area contributed by atoms with Crippen molar-refractivity contribution in [2.45, 2.75) is 50.7 Å². The minimum absolute atomic E-state index is 0.441. The average molecular weight is 306 g/mol. The maximum Gasteiger partial charge on any atom is 0.103 e. The van der Waals surface area contributed by atoms with Gasteiger partial charge in [0.2, 0.25) is 0 Å². The van der Waals surface area contributed by atoms with Crippen molar-refractivity contribution in [3.05, 3.63) is 47.0 Å². The molecule has 0 spiro atoms. The van der Waals surface area contributed by atoms with Crippen LogP contribution in [0.5, 0.6) is 0 Å². The zero-order valence-electron chi connectivity index (χ0n) is 12.0. The van der Waals surface area contributed by atoms with Crippen LogP contribution in [0.4, 0.5) is 0 Å². The van der Waals surface area contributed by atoms with Gasteiger partial charge in [-0.15, -0.1) is 0 Å². The molecule has 1 fully saturated rings. The molecule has 0 amide bonds. The van der Waals surface area contributed by atoms with E-state index in [2.05, 4.69) is 14.8 Å². The molecule has 21 heavy (non-hydrogen) atoms. The van der Waals surface area contributed by atoms with Crippen molar-refractivity contribution >= 4 is 11.6 Å². The van der Waals surface area contributed by atoms with Crippen molar-refractivity contribution in [2.24, 2.45) is 0 Å². The van der Waals surface area contributed by atoms with Crippen LogP contribution in [0.1, 0.15) is 55.6 Å². The summed E-state index contributed by atoms with van der Waals surface area (Å²) in [6.45, 7) is 0. The Bertz CT molecular complexity index is 593. The first-order chi connectivity index (χ1) is 10.2. The zero-order chi connectivity index (χ0) is 14.7. The molecule has 1 aliphatic rings. The first kappa shape index (κ1) is 14.5. The lowest BCUT2D eigenvalue weighted by molar-refractivity contribution is 0.172. The van der Waals surface area contributed by atoms with Crippen LogP contribution in [0.2, 0.25) is 5.02 Å². The van der Waals surface area contributed by atoms with Crippen molar-refractivity contribution in [1.82, 2.24) is 14.8 Å². The molecule has 1 N–H and O–H groups in total.